The number of carbonyl (C=O) groups excluding carboxylic acids is 1. The van der Waals surface area contributed by atoms with Crippen LogP contribution in [0.25, 0.3) is 0 Å². The summed E-state index contributed by atoms with van der Waals surface area (Å²) in [6, 6.07) is 0. The molecule has 0 unspecified atom stereocenters. The normalized spacial score (nSPS) is 10.2. The Morgan fingerprint density at radius 1 is 1.58 bits per heavy atom. The highest BCUT2D eigenvalue weighted by molar-refractivity contribution is 5.81. The highest BCUT2D eigenvalue weighted by atomic mass is 16.5. The lowest BCUT2D eigenvalue weighted by Gasteiger charge is -1.94. The standard InChI is InChI=1S/C10H16O2/c1-9(2)7-5-4-6-8-10(11)12-3/h6,8H,1,4-5,7H2,2-3H3/b8-6+. The van der Waals surface area contributed by atoms with Gasteiger partial charge in [-0.15, -0.1) is 6.58 Å². The number of hydrogen-bond donors (Lipinski definition) is 0. The summed E-state index contributed by atoms with van der Waals surface area (Å²) < 4.78 is 4.43. The van der Waals surface area contributed by atoms with Gasteiger partial charge in [-0.05, 0) is 26.2 Å². The maximum Gasteiger partial charge on any atom is 0.330 e. The Kier molecular flexibility index (Phi) is 6.07. The number of rotatable bonds is 5. The van der Waals surface area contributed by atoms with Gasteiger partial charge in [-0.25, -0.2) is 4.79 Å². The molecule has 0 N–H and O–H groups in total. The summed E-state index contributed by atoms with van der Waals surface area (Å²) in [5.74, 6) is -0.287. The van der Waals surface area contributed by atoms with Crippen molar-refractivity contribution in [2.45, 2.75) is 26.2 Å². The van der Waals surface area contributed by atoms with Gasteiger partial charge in [0.1, 0.15) is 0 Å². The predicted molar refractivity (Wildman–Crippen MR) is 49.8 cm³/mol. The molecule has 0 heterocycles. The van der Waals surface area contributed by atoms with Gasteiger partial charge in [-0.2, -0.15) is 0 Å². The SMILES string of the molecule is C=C(C)CCC/C=C/C(=O)OC. The number of ether oxygens (including phenoxy) is 1. The van der Waals surface area contributed by atoms with Crippen LogP contribution in [0.2, 0.25) is 0 Å². The Hall–Kier alpha value is -1.05. The van der Waals surface area contributed by atoms with Crippen molar-refractivity contribution >= 4 is 5.97 Å². The molecule has 0 saturated carbocycles. The topological polar surface area (TPSA) is 26.3 Å². The second-order valence-electron chi connectivity index (χ2n) is 2.77. The van der Waals surface area contributed by atoms with Crippen LogP contribution in [0, 0.1) is 0 Å². The second kappa shape index (κ2) is 6.65. The third kappa shape index (κ3) is 7.06. The molecule has 0 spiro atoms. The largest absolute Gasteiger partial charge is 0.466 e. The van der Waals surface area contributed by atoms with Gasteiger partial charge < -0.3 is 4.74 Å². The number of esters is 1. The zero-order valence-corrected chi connectivity index (χ0v) is 7.80. The van der Waals surface area contributed by atoms with Crippen molar-refractivity contribution in [2.24, 2.45) is 0 Å². The summed E-state index contributed by atoms with van der Waals surface area (Å²) in [4.78, 5) is 10.6. The fourth-order valence-corrected chi connectivity index (χ4v) is 0.769. The summed E-state index contributed by atoms with van der Waals surface area (Å²) in [6.07, 6.45) is 6.25. The minimum Gasteiger partial charge on any atom is -0.466 e. The maximum atomic E-state index is 10.6. The van der Waals surface area contributed by atoms with Gasteiger partial charge in [0.05, 0.1) is 7.11 Å². The maximum absolute atomic E-state index is 10.6. The summed E-state index contributed by atoms with van der Waals surface area (Å²) in [6.45, 7) is 5.79. The molecule has 0 amide bonds. The second-order valence-corrected chi connectivity index (χ2v) is 2.77. The van der Waals surface area contributed by atoms with Crippen LogP contribution in [-0.4, -0.2) is 13.1 Å². The first kappa shape index (κ1) is 11.0. The van der Waals surface area contributed by atoms with Gasteiger partial charge in [-0.1, -0.05) is 11.6 Å². The van der Waals surface area contributed by atoms with Crippen molar-refractivity contribution < 1.29 is 9.53 Å². The van der Waals surface area contributed by atoms with Crippen molar-refractivity contribution in [3.8, 4) is 0 Å². The molecule has 68 valence electrons. The van der Waals surface area contributed by atoms with E-state index in [1.807, 2.05) is 13.0 Å². The average Bonchev–Trinajstić information content (AvgIpc) is 2.03. The molecule has 0 bridgehead atoms. The van der Waals surface area contributed by atoms with Crippen LogP contribution in [0.15, 0.2) is 24.3 Å². The lowest BCUT2D eigenvalue weighted by atomic mass is 10.1. The first-order chi connectivity index (χ1) is 5.66. The molecule has 0 saturated heterocycles. The smallest absolute Gasteiger partial charge is 0.330 e. The van der Waals surface area contributed by atoms with Crippen LogP contribution >= 0.6 is 0 Å². The lowest BCUT2D eigenvalue weighted by molar-refractivity contribution is -0.134. The fourth-order valence-electron chi connectivity index (χ4n) is 0.769. The highest BCUT2D eigenvalue weighted by Gasteiger charge is 1.89. The molecule has 0 aliphatic heterocycles. The zero-order valence-electron chi connectivity index (χ0n) is 7.80. The van der Waals surface area contributed by atoms with E-state index in [0.29, 0.717) is 0 Å². The highest BCUT2D eigenvalue weighted by Crippen LogP contribution is 2.03. The zero-order chi connectivity index (χ0) is 9.40. The Bertz CT molecular complexity index is 180. The Balaban J connectivity index is 3.36. The molecule has 2 heteroatoms. The van der Waals surface area contributed by atoms with Crippen LogP contribution < -0.4 is 0 Å². The Labute approximate surface area is 73.9 Å². The Morgan fingerprint density at radius 3 is 2.75 bits per heavy atom. The molecule has 0 aromatic rings. The van der Waals surface area contributed by atoms with Crippen LogP contribution in [-0.2, 0) is 9.53 Å². The fraction of sp³-hybridized carbons (Fsp3) is 0.500. The van der Waals surface area contributed by atoms with Crippen molar-refractivity contribution in [2.75, 3.05) is 7.11 Å². The van der Waals surface area contributed by atoms with E-state index in [0.717, 1.165) is 19.3 Å². The van der Waals surface area contributed by atoms with Gasteiger partial charge in [0.25, 0.3) is 0 Å². The third-order valence-electron chi connectivity index (χ3n) is 1.43. The van der Waals surface area contributed by atoms with E-state index in [4.69, 9.17) is 0 Å². The van der Waals surface area contributed by atoms with E-state index in [1.54, 1.807) is 0 Å². The van der Waals surface area contributed by atoms with Gasteiger partial charge in [0.15, 0.2) is 0 Å². The van der Waals surface area contributed by atoms with E-state index >= 15 is 0 Å². The summed E-state index contributed by atoms with van der Waals surface area (Å²) in [7, 11) is 1.38. The molecule has 0 atom stereocenters. The molecule has 0 aromatic carbocycles. The molecule has 0 fully saturated rings. The van der Waals surface area contributed by atoms with Crippen LogP contribution in [0.1, 0.15) is 26.2 Å². The van der Waals surface area contributed by atoms with E-state index < -0.39 is 0 Å². The van der Waals surface area contributed by atoms with Crippen molar-refractivity contribution in [1.82, 2.24) is 0 Å². The third-order valence-corrected chi connectivity index (χ3v) is 1.43. The molecule has 0 radical (unpaired) electrons. The predicted octanol–water partition coefficient (Wildman–Crippen LogP) is 2.46. The minimum atomic E-state index is -0.287. The van der Waals surface area contributed by atoms with E-state index in [2.05, 4.69) is 11.3 Å². The first-order valence-corrected chi connectivity index (χ1v) is 4.05. The lowest BCUT2D eigenvalue weighted by Crippen LogP contribution is -1.93. The number of carbonyl (C=O) groups is 1. The number of unbranched alkanes of at least 4 members (excludes halogenated alkanes) is 1. The van der Waals surface area contributed by atoms with E-state index in [9.17, 15) is 4.79 Å². The van der Waals surface area contributed by atoms with Crippen LogP contribution in [0.4, 0.5) is 0 Å². The monoisotopic (exact) mass is 168 g/mol. The molecule has 12 heavy (non-hydrogen) atoms. The van der Waals surface area contributed by atoms with Crippen LogP contribution in [0.5, 0.6) is 0 Å². The van der Waals surface area contributed by atoms with Crippen molar-refractivity contribution in [1.29, 1.82) is 0 Å². The van der Waals surface area contributed by atoms with Gasteiger partial charge in [0.2, 0.25) is 0 Å². The molecule has 0 aliphatic carbocycles. The first-order valence-electron chi connectivity index (χ1n) is 4.05. The van der Waals surface area contributed by atoms with E-state index in [-0.39, 0.29) is 5.97 Å². The average molecular weight is 168 g/mol. The van der Waals surface area contributed by atoms with Crippen molar-refractivity contribution in [3.05, 3.63) is 24.3 Å². The summed E-state index contributed by atoms with van der Waals surface area (Å²) in [5.41, 5.74) is 1.18. The molecule has 0 aliphatic rings. The van der Waals surface area contributed by atoms with E-state index in [1.165, 1.54) is 18.8 Å². The minimum absolute atomic E-state index is 0.287. The number of methoxy groups -OCH3 is 1. The number of hydrogen-bond acceptors (Lipinski definition) is 2. The van der Waals surface area contributed by atoms with Crippen LogP contribution in [0.3, 0.4) is 0 Å². The Morgan fingerprint density at radius 2 is 2.25 bits per heavy atom. The molecular formula is C10H16O2. The number of allylic oxidation sites excluding steroid dienone is 2. The van der Waals surface area contributed by atoms with Gasteiger partial charge in [0, 0.05) is 6.08 Å². The van der Waals surface area contributed by atoms with Crippen molar-refractivity contribution in [3.63, 3.8) is 0 Å². The molecule has 0 rings (SSSR count). The van der Waals surface area contributed by atoms with Gasteiger partial charge >= 0.3 is 5.97 Å². The summed E-state index contributed by atoms with van der Waals surface area (Å²) in [5, 5.41) is 0. The quantitative estimate of drug-likeness (QED) is 0.273. The van der Waals surface area contributed by atoms with Gasteiger partial charge in [-0.3, -0.25) is 0 Å². The molecule has 0 aromatic heterocycles. The summed E-state index contributed by atoms with van der Waals surface area (Å²) >= 11 is 0. The molecule has 2 nitrogen and oxygen atoms in total. The molecular weight excluding hydrogens is 152 g/mol.